The van der Waals surface area contributed by atoms with Crippen LogP contribution in [0.1, 0.15) is 39.9 Å². The van der Waals surface area contributed by atoms with Gasteiger partial charge in [0.15, 0.2) is 0 Å². The highest BCUT2D eigenvalue weighted by Gasteiger charge is 2.42. The summed E-state index contributed by atoms with van der Waals surface area (Å²) in [6.45, 7) is 1.14. The van der Waals surface area contributed by atoms with Crippen molar-refractivity contribution in [2.75, 3.05) is 33.9 Å². The molecule has 8 nitrogen and oxygen atoms in total. The number of imide groups is 1. The molecule has 0 aliphatic carbocycles. The van der Waals surface area contributed by atoms with Crippen LogP contribution < -0.4 is 9.47 Å². The molecule has 2 heterocycles. The van der Waals surface area contributed by atoms with Crippen molar-refractivity contribution in [3.05, 3.63) is 138 Å². The summed E-state index contributed by atoms with van der Waals surface area (Å²) >= 11 is 0. The summed E-state index contributed by atoms with van der Waals surface area (Å²) in [4.78, 5) is 29.6. The fraction of sp³-hybridized carbons (Fsp3) is 0.270. The van der Waals surface area contributed by atoms with Crippen molar-refractivity contribution >= 4 is 11.9 Å². The molecule has 0 unspecified atom stereocenters. The normalized spacial score (nSPS) is 18.6. The lowest BCUT2D eigenvalue weighted by Gasteiger charge is -2.38. The van der Waals surface area contributed by atoms with Gasteiger partial charge in [0, 0.05) is 18.7 Å². The van der Waals surface area contributed by atoms with Gasteiger partial charge in [-0.05, 0) is 72.4 Å². The molecule has 3 amide bonds. The number of amides is 3. The van der Waals surface area contributed by atoms with Crippen molar-refractivity contribution in [2.24, 2.45) is 0 Å². The van der Waals surface area contributed by atoms with E-state index in [2.05, 4.69) is 12.1 Å². The van der Waals surface area contributed by atoms with Gasteiger partial charge in [-0.3, -0.25) is 14.6 Å². The second-order valence-electron chi connectivity index (χ2n) is 11.1. The number of benzene rings is 4. The molecule has 2 saturated heterocycles. The average molecular weight is 606 g/mol. The lowest BCUT2D eigenvalue weighted by Crippen LogP contribution is -2.55. The number of rotatable bonds is 10. The number of hydrogen-bond donors (Lipinski definition) is 0. The lowest BCUT2D eigenvalue weighted by atomic mass is 9.80. The second-order valence-corrected chi connectivity index (χ2v) is 11.1. The largest absolute Gasteiger partial charge is 0.497 e. The SMILES string of the molecule is COc1ccc(C(OC[C@H]2[CH]C[C@H](N3CCCN(C(=O)c4ccccc4)C3=O)O2)(c2ccccc2)c2ccc(OC)cc2)cc1. The smallest absolute Gasteiger partial charge is 0.329 e. The van der Waals surface area contributed by atoms with Gasteiger partial charge in [0.2, 0.25) is 0 Å². The minimum atomic E-state index is -0.977. The number of carbonyl (C=O) groups excluding carboxylic acids is 2. The number of methoxy groups -OCH3 is 2. The van der Waals surface area contributed by atoms with Gasteiger partial charge < -0.3 is 18.9 Å². The fourth-order valence-electron chi connectivity index (χ4n) is 6.11. The van der Waals surface area contributed by atoms with Gasteiger partial charge in [-0.25, -0.2) is 4.79 Å². The van der Waals surface area contributed by atoms with E-state index in [9.17, 15) is 9.59 Å². The minimum Gasteiger partial charge on any atom is -0.497 e. The number of nitrogens with zero attached hydrogens (tertiary/aromatic N) is 2. The number of urea groups is 1. The van der Waals surface area contributed by atoms with E-state index in [1.807, 2.05) is 79.2 Å². The van der Waals surface area contributed by atoms with Crippen LogP contribution in [0, 0.1) is 6.42 Å². The van der Waals surface area contributed by atoms with Crippen LogP contribution in [-0.4, -0.2) is 68.0 Å². The van der Waals surface area contributed by atoms with Gasteiger partial charge >= 0.3 is 6.03 Å². The molecule has 0 saturated carbocycles. The third-order valence-electron chi connectivity index (χ3n) is 8.44. The van der Waals surface area contributed by atoms with Crippen LogP contribution in [0.5, 0.6) is 11.5 Å². The summed E-state index contributed by atoms with van der Waals surface area (Å²) in [5, 5.41) is 0. The van der Waals surface area contributed by atoms with E-state index >= 15 is 0 Å². The molecular formula is C37H37N2O6. The highest BCUT2D eigenvalue weighted by molar-refractivity contribution is 6.04. The first-order valence-corrected chi connectivity index (χ1v) is 15.2. The monoisotopic (exact) mass is 605 g/mol. The van der Waals surface area contributed by atoms with Gasteiger partial charge in [0.25, 0.3) is 5.91 Å². The molecular weight excluding hydrogens is 568 g/mol. The Bertz CT molecular complexity index is 1530. The molecule has 1 radical (unpaired) electrons. The van der Waals surface area contributed by atoms with Crippen LogP contribution in [0.25, 0.3) is 0 Å². The molecule has 4 aromatic rings. The van der Waals surface area contributed by atoms with Crippen molar-refractivity contribution in [1.29, 1.82) is 0 Å². The van der Waals surface area contributed by atoms with E-state index in [4.69, 9.17) is 18.9 Å². The van der Waals surface area contributed by atoms with E-state index in [1.54, 1.807) is 43.4 Å². The molecule has 45 heavy (non-hydrogen) atoms. The summed E-state index contributed by atoms with van der Waals surface area (Å²) in [7, 11) is 3.29. The van der Waals surface area contributed by atoms with Crippen LogP contribution >= 0.6 is 0 Å². The van der Waals surface area contributed by atoms with E-state index in [1.165, 1.54) is 4.90 Å². The predicted molar refractivity (Wildman–Crippen MR) is 170 cm³/mol. The third kappa shape index (κ3) is 6.16. The zero-order chi connectivity index (χ0) is 31.2. The molecule has 6 rings (SSSR count). The van der Waals surface area contributed by atoms with Crippen molar-refractivity contribution in [2.45, 2.75) is 30.8 Å². The molecule has 0 aromatic heterocycles. The summed E-state index contributed by atoms with van der Waals surface area (Å²) in [6.07, 6.45) is 2.41. The van der Waals surface area contributed by atoms with Crippen LogP contribution in [-0.2, 0) is 15.1 Å². The van der Waals surface area contributed by atoms with Crippen LogP contribution in [0.4, 0.5) is 4.79 Å². The highest BCUT2D eigenvalue weighted by atomic mass is 16.6. The first-order valence-electron chi connectivity index (χ1n) is 15.2. The van der Waals surface area contributed by atoms with Crippen molar-refractivity contribution in [3.8, 4) is 11.5 Å². The Labute approximate surface area is 264 Å². The van der Waals surface area contributed by atoms with E-state index < -0.39 is 11.8 Å². The van der Waals surface area contributed by atoms with Gasteiger partial charge in [0.1, 0.15) is 23.3 Å². The summed E-state index contributed by atoms with van der Waals surface area (Å²) in [6, 6.07) is 34.5. The quantitative estimate of drug-likeness (QED) is 0.198. The zero-order valence-electron chi connectivity index (χ0n) is 25.5. The summed E-state index contributed by atoms with van der Waals surface area (Å²) < 4.78 is 24.3. The Morgan fingerprint density at radius 1 is 0.778 bits per heavy atom. The maximum absolute atomic E-state index is 13.5. The molecule has 4 aromatic carbocycles. The maximum atomic E-state index is 13.5. The minimum absolute atomic E-state index is 0.234. The average Bonchev–Trinajstić information content (AvgIpc) is 3.58. The molecule has 0 bridgehead atoms. The van der Waals surface area contributed by atoms with Crippen LogP contribution in [0.15, 0.2) is 109 Å². The van der Waals surface area contributed by atoms with Crippen molar-refractivity contribution in [1.82, 2.24) is 9.80 Å². The van der Waals surface area contributed by atoms with E-state index in [0.29, 0.717) is 31.5 Å². The molecule has 2 fully saturated rings. The first kappa shape index (κ1) is 30.4. The topological polar surface area (TPSA) is 77.5 Å². The van der Waals surface area contributed by atoms with E-state index in [-0.39, 0.29) is 24.6 Å². The Balaban J connectivity index is 1.25. The zero-order valence-corrected chi connectivity index (χ0v) is 25.5. The fourth-order valence-corrected chi connectivity index (χ4v) is 6.11. The van der Waals surface area contributed by atoms with E-state index in [0.717, 1.165) is 28.2 Å². The molecule has 2 atom stereocenters. The number of hydrogen-bond acceptors (Lipinski definition) is 6. The molecule has 8 heteroatoms. The predicted octanol–water partition coefficient (Wildman–Crippen LogP) is 6.30. The Hall–Kier alpha value is -4.66. The lowest BCUT2D eigenvalue weighted by molar-refractivity contribution is -0.0889. The second kappa shape index (κ2) is 13.5. The van der Waals surface area contributed by atoms with Crippen LogP contribution in [0.3, 0.4) is 0 Å². The first-order chi connectivity index (χ1) is 22.0. The molecule has 0 spiro atoms. The number of carbonyl (C=O) groups is 2. The Morgan fingerprint density at radius 3 is 1.91 bits per heavy atom. The third-order valence-corrected chi connectivity index (χ3v) is 8.44. The molecule has 0 N–H and O–H groups in total. The number of ether oxygens (including phenoxy) is 4. The van der Waals surface area contributed by atoms with Crippen molar-refractivity contribution < 1.29 is 28.5 Å². The highest BCUT2D eigenvalue weighted by Crippen LogP contribution is 2.42. The summed E-state index contributed by atoms with van der Waals surface area (Å²) in [5.74, 6) is 1.20. The molecule has 231 valence electrons. The molecule has 2 aliphatic rings. The maximum Gasteiger partial charge on any atom is 0.329 e. The molecule has 2 aliphatic heterocycles. The van der Waals surface area contributed by atoms with Crippen LogP contribution in [0.2, 0.25) is 0 Å². The summed E-state index contributed by atoms with van der Waals surface area (Å²) in [5.41, 5.74) is 2.32. The Morgan fingerprint density at radius 2 is 1.33 bits per heavy atom. The standard InChI is InChI=1S/C37H37N2O6/c1-42-31-18-14-29(15-19-31)37(28-12-7-4-8-13-28,30-16-20-32(43-2)21-17-30)44-26-33-22-23-34(45-33)38-24-9-25-39(36(38)41)35(40)27-10-5-3-6-11-27/h3-8,10-22,33-34H,9,23-26H2,1-2H3/t33-,34-/m1/s1. The van der Waals surface area contributed by atoms with Gasteiger partial charge in [-0.15, -0.1) is 0 Å². The van der Waals surface area contributed by atoms with Gasteiger partial charge in [-0.1, -0.05) is 72.8 Å². The Kier molecular flexibility index (Phi) is 9.14. The van der Waals surface area contributed by atoms with Gasteiger partial charge in [-0.2, -0.15) is 0 Å². The van der Waals surface area contributed by atoms with Gasteiger partial charge in [0.05, 0.1) is 26.9 Å². The van der Waals surface area contributed by atoms with Crippen molar-refractivity contribution in [3.63, 3.8) is 0 Å².